The summed E-state index contributed by atoms with van der Waals surface area (Å²) in [6.45, 7) is 6.27. The van der Waals surface area contributed by atoms with Gasteiger partial charge < -0.3 is 20.3 Å². The van der Waals surface area contributed by atoms with Crippen molar-refractivity contribution in [3.05, 3.63) is 60.8 Å². The van der Waals surface area contributed by atoms with Crippen molar-refractivity contribution < 1.29 is 24.5 Å². The van der Waals surface area contributed by atoms with Crippen LogP contribution in [0.25, 0.3) is 0 Å². The molecule has 0 saturated heterocycles. The molecule has 0 aliphatic heterocycles. The van der Waals surface area contributed by atoms with Gasteiger partial charge in [-0.2, -0.15) is 0 Å². The number of nitrogens with one attached hydrogen (secondary N) is 1. The van der Waals surface area contributed by atoms with Crippen LogP contribution in [0, 0.1) is 0 Å². The van der Waals surface area contributed by atoms with Crippen molar-refractivity contribution in [1.82, 2.24) is 5.32 Å². The third-order valence-electron chi connectivity index (χ3n) is 10.2. The lowest BCUT2D eigenvalue weighted by atomic mass is 10.0. The Hall–Kier alpha value is -2.44. The molecule has 0 rings (SSSR count). The quantitative estimate of drug-likeness (QED) is 0.0250. The molecule has 3 N–H and O–H groups in total. The van der Waals surface area contributed by atoms with Gasteiger partial charge in [0.15, 0.2) is 0 Å². The fraction of sp³-hybridized carbons (Fsp3) is 0.755. The van der Waals surface area contributed by atoms with Crippen LogP contribution in [0.15, 0.2) is 60.8 Å². The van der Waals surface area contributed by atoms with E-state index in [1.165, 1.54) is 89.9 Å². The second-order valence-corrected chi connectivity index (χ2v) is 15.5. The summed E-state index contributed by atoms with van der Waals surface area (Å²) in [6, 6.07) is -0.715. The van der Waals surface area contributed by atoms with Gasteiger partial charge in [0.05, 0.1) is 25.2 Å². The molecular weight excluding hydrogens is 683 g/mol. The number of aliphatic hydroxyl groups is 2. The van der Waals surface area contributed by atoms with Crippen LogP contribution in [-0.2, 0) is 14.3 Å². The van der Waals surface area contributed by atoms with E-state index in [2.05, 4.69) is 62.5 Å². The maximum atomic E-state index is 13.1. The predicted octanol–water partition coefficient (Wildman–Crippen LogP) is 13.3. The first-order valence-corrected chi connectivity index (χ1v) is 23.1. The van der Waals surface area contributed by atoms with Gasteiger partial charge in [-0.05, 0) is 64.2 Å². The standard InChI is InChI=1S/C49H87NO5/c1-4-7-10-13-16-19-22-24-26-28-31-34-37-40-45(55-49(54)42-39-36-33-30-25-21-18-15-12-9-6-3)43-48(53)50-46(44-51)47(52)41-38-35-32-29-27-23-20-17-14-11-8-5-2/h7,10,13,15-16,18-19,22,24,26,45-47,51-52H,4-6,8-9,11-12,14,17,20-21,23,25,27-44H2,1-3H3,(H,50,53)/b10-7+,16-13+,18-15-,22-19+,26-24-. The summed E-state index contributed by atoms with van der Waals surface area (Å²) in [6.07, 6.45) is 51.3. The first kappa shape index (κ1) is 52.6. The Morgan fingerprint density at radius 3 is 1.62 bits per heavy atom. The van der Waals surface area contributed by atoms with Gasteiger partial charge in [0.2, 0.25) is 5.91 Å². The second kappa shape index (κ2) is 42.7. The number of esters is 1. The maximum absolute atomic E-state index is 13.1. The highest BCUT2D eigenvalue weighted by Gasteiger charge is 2.24. The smallest absolute Gasteiger partial charge is 0.306 e. The van der Waals surface area contributed by atoms with Gasteiger partial charge >= 0.3 is 5.97 Å². The van der Waals surface area contributed by atoms with Gasteiger partial charge in [-0.25, -0.2) is 0 Å². The Balaban J connectivity index is 4.68. The lowest BCUT2D eigenvalue weighted by Gasteiger charge is -2.24. The Morgan fingerprint density at radius 1 is 0.545 bits per heavy atom. The number of allylic oxidation sites excluding steroid dienone is 10. The van der Waals surface area contributed by atoms with Crippen LogP contribution >= 0.6 is 0 Å². The molecule has 0 aromatic rings. The molecule has 3 atom stereocenters. The first-order valence-electron chi connectivity index (χ1n) is 23.1. The van der Waals surface area contributed by atoms with Crippen molar-refractivity contribution in [2.24, 2.45) is 0 Å². The molecule has 0 aliphatic carbocycles. The largest absolute Gasteiger partial charge is 0.462 e. The molecule has 55 heavy (non-hydrogen) atoms. The van der Waals surface area contributed by atoms with E-state index in [1.54, 1.807) is 0 Å². The number of aliphatic hydroxyl groups excluding tert-OH is 2. The number of hydrogen-bond acceptors (Lipinski definition) is 5. The summed E-state index contributed by atoms with van der Waals surface area (Å²) in [5.41, 5.74) is 0. The van der Waals surface area contributed by atoms with Crippen molar-refractivity contribution in [2.45, 2.75) is 232 Å². The number of carbonyl (C=O) groups is 2. The Morgan fingerprint density at radius 2 is 1.02 bits per heavy atom. The van der Waals surface area contributed by atoms with Crippen LogP contribution in [0.1, 0.15) is 213 Å². The fourth-order valence-electron chi connectivity index (χ4n) is 6.66. The fourth-order valence-corrected chi connectivity index (χ4v) is 6.66. The zero-order chi connectivity index (χ0) is 40.3. The number of unbranched alkanes of at least 4 members (excludes halogenated alkanes) is 21. The normalized spacial score (nSPS) is 13.9. The zero-order valence-electron chi connectivity index (χ0n) is 36.0. The van der Waals surface area contributed by atoms with E-state index >= 15 is 0 Å². The van der Waals surface area contributed by atoms with Gasteiger partial charge in [-0.1, -0.05) is 197 Å². The minimum absolute atomic E-state index is 0.0466. The van der Waals surface area contributed by atoms with Crippen molar-refractivity contribution >= 4 is 11.9 Å². The summed E-state index contributed by atoms with van der Waals surface area (Å²) in [7, 11) is 0. The van der Waals surface area contributed by atoms with Crippen LogP contribution in [0.5, 0.6) is 0 Å². The van der Waals surface area contributed by atoms with Gasteiger partial charge in [0.1, 0.15) is 6.10 Å². The topological polar surface area (TPSA) is 95.9 Å². The number of rotatable bonds is 40. The van der Waals surface area contributed by atoms with Crippen molar-refractivity contribution in [2.75, 3.05) is 6.61 Å². The predicted molar refractivity (Wildman–Crippen MR) is 236 cm³/mol. The summed E-state index contributed by atoms with van der Waals surface area (Å²) in [5.74, 6) is -0.528. The van der Waals surface area contributed by atoms with Crippen LogP contribution < -0.4 is 5.32 Å². The van der Waals surface area contributed by atoms with E-state index in [-0.39, 0.29) is 24.9 Å². The monoisotopic (exact) mass is 770 g/mol. The highest BCUT2D eigenvalue weighted by atomic mass is 16.5. The first-order chi connectivity index (χ1) is 27.0. The highest BCUT2D eigenvalue weighted by Crippen LogP contribution is 2.17. The van der Waals surface area contributed by atoms with Crippen LogP contribution in [0.2, 0.25) is 0 Å². The molecule has 0 fully saturated rings. The summed E-state index contributed by atoms with van der Waals surface area (Å²) < 4.78 is 5.88. The number of ether oxygens (including phenoxy) is 1. The average molecular weight is 770 g/mol. The van der Waals surface area contributed by atoms with Crippen LogP contribution in [0.3, 0.4) is 0 Å². The third-order valence-corrected chi connectivity index (χ3v) is 10.2. The van der Waals surface area contributed by atoms with E-state index in [0.29, 0.717) is 19.3 Å². The third kappa shape index (κ3) is 38.2. The summed E-state index contributed by atoms with van der Waals surface area (Å²) >= 11 is 0. The molecule has 0 radical (unpaired) electrons. The van der Waals surface area contributed by atoms with Gasteiger partial charge in [-0.15, -0.1) is 0 Å². The molecule has 6 heteroatoms. The molecule has 318 valence electrons. The van der Waals surface area contributed by atoms with Gasteiger partial charge in [0.25, 0.3) is 0 Å². The molecular formula is C49H87NO5. The van der Waals surface area contributed by atoms with Gasteiger partial charge in [-0.3, -0.25) is 9.59 Å². The molecule has 0 aromatic heterocycles. The second-order valence-electron chi connectivity index (χ2n) is 15.5. The number of amides is 1. The highest BCUT2D eigenvalue weighted by molar-refractivity contribution is 5.77. The summed E-state index contributed by atoms with van der Waals surface area (Å²) in [5, 5.41) is 23.6. The molecule has 0 spiro atoms. The molecule has 0 saturated carbocycles. The van der Waals surface area contributed by atoms with Gasteiger partial charge in [0, 0.05) is 6.42 Å². The molecule has 0 aromatic carbocycles. The zero-order valence-corrected chi connectivity index (χ0v) is 36.0. The van der Waals surface area contributed by atoms with Crippen molar-refractivity contribution in [3.8, 4) is 0 Å². The van der Waals surface area contributed by atoms with Crippen molar-refractivity contribution in [1.29, 1.82) is 0 Å². The van der Waals surface area contributed by atoms with E-state index in [0.717, 1.165) is 77.0 Å². The Labute approximate surface area is 339 Å². The number of carbonyl (C=O) groups excluding carboxylic acids is 2. The molecule has 0 aliphatic rings. The Bertz CT molecular complexity index is 999. The molecule has 3 unspecified atom stereocenters. The van der Waals surface area contributed by atoms with Crippen molar-refractivity contribution in [3.63, 3.8) is 0 Å². The SMILES string of the molecule is CC/C=C/C=C/C=C/C=C\CCCCCC(CC(=O)NC(CO)C(O)CCCCCCCCCCCCCC)OC(=O)CCCCCCC/C=C\CCCC. The van der Waals surface area contributed by atoms with E-state index in [9.17, 15) is 19.8 Å². The average Bonchev–Trinajstić information content (AvgIpc) is 3.18. The molecule has 0 bridgehead atoms. The van der Waals surface area contributed by atoms with E-state index in [4.69, 9.17) is 4.74 Å². The lowest BCUT2D eigenvalue weighted by Crippen LogP contribution is -2.46. The molecule has 1 amide bonds. The summed E-state index contributed by atoms with van der Waals surface area (Å²) in [4.78, 5) is 26.0. The van der Waals surface area contributed by atoms with E-state index in [1.807, 2.05) is 24.3 Å². The van der Waals surface area contributed by atoms with Crippen LogP contribution in [0.4, 0.5) is 0 Å². The minimum atomic E-state index is -0.799. The number of hydrogen-bond donors (Lipinski definition) is 3. The maximum Gasteiger partial charge on any atom is 0.306 e. The molecule has 6 nitrogen and oxygen atoms in total. The lowest BCUT2D eigenvalue weighted by molar-refractivity contribution is -0.151. The van der Waals surface area contributed by atoms with Crippen LogP contribution in [-0.4, -0.2) is 46.9 Å². The van der Waals surface area contributed by atoms with E-state index < -0.39 is 18.2 Å². The molecule has 0 heterocycles. The Kier molecular flexibility index (Phi) is 40.8. The minimum Gasteiger partial charge on any atom is -0.462 e.